The van der Waals surface area contributed by atoms with Gasteiger partial charge in [0, 0.05) is 38.6 Å². The van der Waals surface area contributed by atoms with Crippen molar-refractivity contribution < 1.29 is 8.83 Å². The molecule has 0 radical (unpaired) electrons. The van der Waals surface area contributed by atoms with E-state index in [1.165, 1.54) is 78.1 Å². The number of nitrogens with zero attached hydrogens (tertiary/aromatic N) is 2. The van der Waals surface area contributed by atoms with Crippen molar-refractivity contribution >= 4 is 89.7 Å². The van der Waals surface area contributed by atoms with Crippen LogP contribution in [-0.4, -0.2) is 11.3 Å². The average molecular weight is 673 g/mol. The van der Waals surface area contributed by atoms with E-state index in [0.29, 0.717) is 0 Å². The Kier molecular flexibility index (Phi) is 5.24. The van der Waals surface area contributed by atoms with E-state index in [2.05, 4.69) is 153 Å². The molecule has 0 fully saturated rings. The van der Waals surface area contributed by atoms with Crippen molar-refractivity contribution in [2.45, 2.75) is 58.3 Å². The molecule has 12 rings (SSSR count). The molecule has 0 amide bonds. The lowest BCUT2D eigenvalue weighted by molar-refractivity contribution is 0.332. The van der Waals surface area contributed by atoms with Crippen molar-refractivity contribution in [3.05, 3.63) is 126 Å². The Labute approximate surface area is 302 Å². The number of aromatic nitrogens is 1. The van der Waals surface area contributed by atoms with E-state index in [4.69, 9.17) is 8.83 Å². The van der Waals surface area contributed by atoms with E-state index in [-0.39, 0.29) is 17.7 Å². The summed E-state index contributed by atoms with van der Waals surface area (Å²) in [6, 6.07) is 40.2. The van der Waals surface area contributed by atoms with Gasteiger partial charge < -0.3 is 18.2 Å². The van der Waals surface area contributed by atoms with Crippen molar-refractivity contribution in [2.75, 3.05) is 4.90 Å². The highest BCUT2D eigenvalue weighted by molar-refractivity contribution is 6.90. The summed E-state index contributed by atoms with van der Waals surface area (Å²) in [5.41, 5.74) is 16.6. The molecule has 0 spiro atoms. The molecule has 5 heteroatoms. The zero-order valence-corrected chi connectivity index (χ0v) is 30.1. The van der Waals surface area contributed by atoms with Gasteiger partial charge in [-0.25, -0.2) is 0 Å². The van der Waals surface area contributed by atoms with Gasteiger partial charge in [0.1, 0.15) is 16.8 Å². The summed E-state index contributed by atoms with van der Waals surface area (Å²) in [6.45, 7) is 11.8. The van der Waals surface area contributed by atoms with E-state index in [1.807, 2.05) is 0 Å². The Bertz CT molecular complexity index is 3060. The summed E-state index contributed by atoms with van der Waals surface area (Å²) in [6.07, 6.45) is 2.35. The molecule has 9 aromatic rings. The minimum atomic E-state index is -0.225. The number of anilines is 3. The molecule has 0 bridgehead atoms. The molecule has 4 nitrogen and oxygen atoms in total. The molecule has 1 aliphatic carbocycles. The molecule has 0 saturated heterocycles. The number of fused-ring (bicyclic) bond motifs is 14. The fourth-order valence-electron chi connectivity index (χ4n) is 10.3. The number of hydrogen-bond acceptors (Lipinski definition) is 3. The van der Waals surface area contributed by atoms with Crippen LogP contribution in [0.1, 0.15) is 57.2 Å². The lowest BCUT2D eigenvalue weighted by Gasteiger charge is -2.44. The summed E-state index contributed by atoms with van der Waals surface area (Å²) in [5, 5.41) is 7.15. The molecule has 3 aliphatic rings. The lowest BCUT2D eigenvalue weighted by atomic mass is 9.47. The summed E-state index contributed by atoms with van der Waals surface area (Å²) in [7, 11) is 0. The normalized spacial score (nSPS) is 16.6. The van der Waals surface area contributed by atoms with Gasteiger partial charge in [0.2, 0.25) is 0 Å². The SMILES string of the molecule is Cc1cc2c(cc1N1c3cc4ccccc4c4c3B(c3oc5ccccc5c31)n1c3oc5ccccc5c3c3cccc-4c31)C(C)(C)CCC2(C)C. The lowest BCUT2D eigenvalue weighted by Crippen LogP contribution is -2.56. The van der Waals surface area contributed by atoms with Crippen molar-refractivity contribution in [1.82, 2.24) is 4.48 Å². The third-order valence-electron chi connectivity index (χ3n) is 12.9. The van der Waals surface area contributed by atoms with Crippen molar-refractivity contribution in [3.63, 3.8) is 0 Å². The first-order valence-corrected chi connectivity index (χ1v) is 18.7. The van der Waals surface area contributed by atoms with Crippen LogP contribution in [0.2, 0.25) is 0 Å². The first-order valence-electron chi connectivity index (χ1n) is 18.7. The highest BCUT2D eigenvalue weighted by atomic mass is 16.3. The standard InChI is InChI=1S/C47H37BN2O2/c1-26-23-33-34(47(4,5)22-21-46(33,2)3)25-35(26)49-36-24-27-13-6-7-14-28(27)39-31-17-12-18-32-40-29-15-8-10-19-37(29)52-45(40)50(42(31)32)48(41(36)39)44-43(49)30-16-9-11-20-38(30)51-44/h6-20,23-25H,21-22H2,1-5H3. The number of rotatable bonds is 1. The first kappa shape index (κ1) is 29.0. The van der Waals surface area contributed by atoms with Crippen molar-refractivity contribution in [1.29, 1.82) is 0 Å². The highest BCUT2D eigenvalue weighted by Gasteiger charge is 2.48. The second-order valence-electron chi connectivity index (χ2n) is 16.8. The van der Waals surface area contributed by atoms with Gasteiger partial charge in [-0.1, -0.05) is 107 Å². The van der Waals surface area contributed by atoms with E-state index in [0.717, 1.165) is 45.4 Å². The largest absolute Gasteiger partial charge is 0.466 e. The maximum absolute atomic E-state index is 7.16. The maximum atomic E-state index is 7.16. The van der Waals surface area contributed by atoms with Gasteiger partial charge >= 0.3 is 6.85 Å². The molecule has 52 heavy (non-hydrogen) atoms. The summed E-state index contributed by atoms with van der Waals surface area (Å²) < 4.78 is 16.5. The van der Waals surface area contributed by atoms with E-state index >= 15 is 0 Å². The number of para-hydroxylation sites is 3. The Hall–Kier alpha value is -5.68. The van der Waals surface area contributed by atoms with Crippen LogP contribution in [0.5, 0.6) is 0 Å². The van der Waals surface area contributed by atoms with Gasteiger partial charge in [-0.3, -0.25) is 0 Å². The third kappa shape index (κ3) is 3.40. The van der Waals surface area contributed by atoms with Gasteiger partial charge in [-0.05, 0) is 99.4 Å². The average Bonchev–Trinajstić information content (AvgIpc) is 3.82. The molecule has 6 aromatic carbocycles. The first-order chi connectivity index (χ1) is 25.2. The monoisotopic (exact) mass is 672 g/mol. The summed E-state index contributed by atoms with van der Waals surface area (Å²) in [4.78, 5) is 2.56. The number of benzene rings is 6. The van der Waals surface area contributed by atoms with Gasteiger partial charge in [0.05, 0.1) is 11.1 Å². The van der Waals surface area contributed by atoms with Crippen molar-refractivity contribution in [3.8, 4) is 11.1 Å². The zero-order valence-electron chi connectivity index (χ0n) is 30.1. The van der Waals surface area contributed by atoms with Crippen LogP contribution in [0.25, 0.3) is 65.8 Å². The van der Waals surface area contributed by atoms with Crippen LogP contribution in [0.3, 0.4) is 0 Å². The maximum Gasteiger partial charge on any atom is 0.378 e. The van der Waals surface area contributed by atoms with Gasteiger partial charge in [0.25, 0.3) is 0 Å². The number of hydrogen-bond donors (Lipinski definition) is 0. The number of aryl methyl sites for hydroxylation is 1. The molecule has 5 heterocycles. The minimum absolute atomic E-state index is 0.0678. The van der Waals surface area contributed by atoms with Crippen LogP contribution in [0, 0.1) is 6.92 Å². The Balaban J connectivity index is 1.28. The topological polar surface area (TPSA) is 34.5 Å². The molecule has 0 atom stereocenters. The predicted molar refractivity (Wildman–Crippen MR) is 217 cm³/mol. The Morgan fingerprint density at radius 2 is 1.29 bits per heavy atom. The Morgan fingerprint density at radius 1 is 0.635 bits per heavy atom. The zero-order chi connectivity index (χ0) is 34.8. The summed E-state index contributed by atoms with van der Waals surface area (Å²) in [5.74, 6) is 0. The predicted octanol–water partition coefficient (Wildman–Crippen LogP) is 11.5. The summed E-state index contributed by atoms with van der Waals surface area (Å²) >= 11 is 0. The molecule has 3 aromatic heterocycles. The second-order valence-corrected chi connectivity index (χ2v) is 16.8. The molecular formula is C47H37BN2O2. The number of furan rings is 2. The second kappa shape index (κ2) is 9.40. The van der Waals surface area contributed by atoms with Crippen LogP contribution in [0.4, 0.5) is 17.1 Å². The van der Waals surface area contributed by atoms with Gasteiger partial charge in [-0.15, -0.1) is 0 Å². The van der Waals surface area contributed by atoms with Crippen LogP contribution in [-0.2, 0) is 10.8 Å². The van der Waals surface area contributed by atoms with E-state index in [1.54, 1.807) is 0 Å². The van der Waals surface area contributed by atoms with Crippen molar-refractivity contribution in [2.24, 2.45) is 0 Å². The molecule has 250 valence electrons. The van der Waals surface area contributed by atoms with Gasteiger partial charge in [-0.2, -0.15) is 0 Å². The fraction of sp³-hybridized carbons (Fsp3) is 0.191. The van der Waals surface area contributed by atoms with E-state index < -0.39 is 0 Å². The van der Waals surface area contributed by atoms with Crippen LogP contribution in [0.15, 0.2) is 118 Å². The molecule has 2 aliphatic heterocycles. The Morgan fingerprint density at radius 3 is 2.08 bits per heavy atom. The smallest absolute Gasteiger partial charge is 0.378 e. The van der Waals surface area contributed by atoms with Crippen LogP contribution < -0.4 is 16.0 Å². The fourth-order valence-corrected chi connectivity index (χ4v) is 10.3. The highest BCUT2D eigenvalue weighted by Crippen LogP contribution is 2.53. The molecule has 0 saturated carbocycles. The van der Waals surface area contributed by atoms with E-state index in [9.17, 15) is 0 Å². The van der Waals surface area contributed by atoms with Crippen LogP contribution >= 0.6 is 0 Å². The molecule has 0 unspecified atom stereocenters. The molecular weight excluding hydrogens is 635 g/mol. The minimum Gasteiger partial charge on any atom is -0.466 e. The third-order valence-corrected chi connectivity index (χ3v) is 12.9. The quantitative estimate of drug-likeness (QED) is 0.163. The molecule has 0 N–H and O–H groups in total. The van der Waals surface area contributed by atoms with Gasteiger partial charge in [0.15, 0.2) is 5.71 Å².